The lowest BCUT2D eigenvalue weighted by Gasteiger charge is -2.16. The van der Waals surface area contributed by atoms with E-state index in [-0.39, 0.29) is 31.4 Å². The lowest BCUT2D eigenvalue weighted by atomic mass is 10.1. The van der Waals surface area contributed by atoms with Crippen LogP contribution in [0.1, 0.15) is 17.5 Å². The van der Waals surface area contributed by atoms with Crippen LogP contribution in [0.25, 0.3) is 0 Å². The molecule has 9 heteroatoms. The molecule has 1 saturated heterocycles. The lowest BCUT2D eigenvalue weighted by Crippen LogP contribution is -2.30. The minimum atomic E-state index is -0.490. The highest BCUT2D eigenvalue weighted by Crippen LogP contribution is 2.27. The predicted octanol–water partition coefficient (Wildman–Crippen LogP) is 5.73. The molecule has 0 bridgehead atoms. The molecule has 34 heavy (non-hydrogen) atoms. The number of rotatable bonds is 7. The molecule has 2 amide bonds. The van der Waals surface area contributed by atoms with E-state index in [1.807, 2.05) is 12.1 Å². The maximum atomic E-state index is 12.5. The van der Waals surface area contributed by atoms with Crippen LogP contribution in [0.3, 0.4) is 0 Å². The summed E-state index contributed by atoms with van der Waals surface area (Å²) in [7, 11) is 0. The predicted molar refractivity (Wildman–Crippen MR) is 135 cm³/mol. The molecule has 0 saturated carbocycles. The van der Waals surface area contributed by atoms with Gasteiger partial charge in [0.05, 0.1) is 12.1 Å². The normalized spacial score (nSPS) is 15.7. The van der Waals surface area contributed by atoms with Gasteiger partial charge in [-0.25, -0.2) is 5.43 Å². The van der Waals surface area contributed by atoms with Crippen molar-refractivity contribution in [1.82, 2.24) is 5.43 Å². The van der Waals surface area contributed by atoms with Crippen LogP contribution in [-0.2, 0) is 16.2 Å². The highest BCUT2D eigenvalue weighted by Gasteiger charge is 2.35. The summed E-state index contributed by atoms with van der Waals surface area (Å²) in [5, 5.41) is 5.69. The van der Waals surface area contributed by atoms with Crippen molar-refractivity contribution >= 4 is 58.5 Å². The largest absolute Gasteiger partial charge is 0.489 e. The zero-order valence-electron chi connectivity index (χ0n) is 17.9. The van der Waals surface area contributed by atoms with Gasteiger partial charge in [0.2, 0.25) is 11.8 Å². The van der Waals surface area contributed by atoms with Crippen LogP contribution in [0.2, 0.25) is 15.1 Å². The first kappa shape index (κ1) is 24.1. The van der Waals surface area contributed by atoms with Crippen molar-refractivity contribution < 1.29 is 14.3 Å². The minimum Gasteiger partial charge on any atom is -0.489 e. The fourth-order valence-corrected chi connectivity index (χ4v) is 4.16. The third-order valence-corrected chi connectivity index (χ3v) is 6.29. The van der Waals surface area contributed by atoms with E-state index >= 15 is 0 Å². The van der Waals surface area contributed by atoms with E-state index in [2.05, 4.69) is 10.5 Å². The Morgan fingerprint density at radius 2 is 1.76 bits per heavy atom. The fourth-order valence-electron chi connectivity index (χ4n) is 3.53. The molecule has 0 spiro atoms. The van der Waals surface area contributed by atoms with E-state index in [0.29, 0.717) is 32.1 Å². The smallest absolute Gasteiger partial charge is 0.245 e. The molecule has 1 fully saturated rings. The number of hydrogen-bond acceptors (Lipinski definition) is 4. The molecule has 3 aromatic rings. The molecule has 6 nitrogen and oxygen atoms in total. The molecule has 0 radical (unpaired) electrons. The van der Waals surface area contributed by atoms with Gasteiger partial charge in [0.25, 0.3) is 0 Å². The summed E-state index contributed by atoms with van der Waals surface area (Å²) in [5.41, 5.74) is 4.67. The molecule has 1 aliphatic heterocycles. The molecule has 3 aromatic carbocycles. The molecule has 1 aliphatic rings. The summed E-state index contributed by atoms with van der Waals surface area (Å²) in [6.45, 7) is 0.505. The van der Waals surface area contributed by atoms with Gasteiger partial charge < -0.3 is 9.64 Å². The second-order valence-electron chi connectivity index (χ2n) is 7.68. The number of carbonyl (C=O) groups excluding carboxylic acids is 2. The maximum Gasteiger partial charge on any atom is 0.245 e. The van der Waals surface area contributed by atoms with E-state index in [9.17, 15) is 9.59 Å². The fraction of sp³-hybridized carbons (Fsp3) is 0.160. The summed E-state index contributed by atoms with van der Waals surface area (Å²) in [5.74, 6) is -0.321. The Balaban J connectivity index is 1.32. The molecule has 0 unspecified atom stereocenters. The number of halogens is 3. The maximum absolute atomic E-state index is 12.5. The van der Waals surface area contributed by atoms with Gasteiger partial charge in [0.1, 0.15) is 12.4 Å². The zero-order chi connectivity index (χ0) is 24.1. The first-order valence-corrected chi connectivity index (χ1v) is 11.6. The number of hydrazone groups is 1. The van der Waals surface area contributed by atoms with Crippen LogP contribution in [0.5, 0.6) is 5.75 Å². The Kier molecular flexibility index (Phi) is 7.73. The number of nitrogens with one attached hydrogen (secondary N) is 1. The lowest BCUT2D eigenvalue weighted by molar-refractivity contribution is -0.126. The van der Waals surface area contributed by atoms with Crippen LogP contribution in [0.15, 0.2) is 71.8 Å². The van der Waals surface area contributed by atoms with Crippen molar-refractivity contribution in [2.75, 3.05) is 11.4 Å². The van der Waals surface area contributed by atoms with Gasteiger partial charge in [-0.2, -0.15) is 5.10 Å². The molecule has 174 valence electrons. The minimum absolute atomic E-state index is 0.116. The summed E-state index contributed by atoms with van der Waals surface area (Å²) in [6.07, 6.45) is 1.64. The average molecular weight is 517 g/mol. The van der Waals surface area contributed by atoms with Crippen molar-refractivity contribution in [2.24, 2.45) is 11.0 Å². The monoisotopic (exact) mass is 515 g/mol. The number of nitrogens with zero attached hydrogens (tertiary/aromatic N) is 2. The second kappa shape index (κ2) is 10.9. The van der Waals surface area contributed by atoms with Crippen LogP contribution < -0.4 is 15.1 Å². The average Bonchev–Trinajstić information content (AvgIpc) is 3.21. The number of anilines is 1. The van der Waals surface area contributed by atoms with Gasteiger partial charge in [0.15, 0.2) is 0 Å². The third-order valence-electron chi connectivity index (χ3n) is 5.33. The number of benzene rings is 3. The Bertz CT molecular complexity index is 1210. The first-order chi connectivity index (χ1) is 16.4. The van der Waals surface area contributed by atoms with Gasteiger partial charge in [-0.15, -0.1) is 0 Å². The Morgan fingerprint density at radius 3 is 2.50 bits per heavy atom. The van der Waals surface area contributed by atoms with Crippen LogP contribution in [-0.4, -0.2) is 24.6 Å². The summed E-state index contributed by atoms with van der Waals surface area (Å²) in [6, 6.07) is 19.4. The van der Waals surface area contributed by atoms with Crippen LogP contribution in [0, 0.1) is 5.92 Å². The first-order valence-electron chi connectivity index (χ1n) is 10.5. The summed E-state index contributed by atoms with van der Waals surface area (Å²) >= 11 is 18.3. The van der Waals surface area contributed by atoms with E-state index < -0.39 is 5.92 Å². The molecule has 1 N–H and O–H groups in total. The Labute approximate surface area is 212 Å². The molecular weight excluding hydrogens is 497 g/mol. The molecule has 1 atom stereocenters. The van der Waals surface area contributed by atoms with Crippen LogP contribution in [0.4, 0.5) is 5.69 Å². The van der Waals surface area contributed by atoms with E-state index in [0.717, 1.165) is 5.56 Å². The Hall–Kier alpha value is -3.06. The van der Waals surface area contributed by atoms with E-state index in [1.54, 1.807) is 59.5 Å². The topological polar surface area (TPSA) is 71.0 Å². The SMILES string of the molecule is O=C(N/N=C\c1cccc(OCc2c(Cl)cccc2Cl)c1)[C@@H]1CC(=O)N(c2ccc(Cl)cc2)C1. The zero-order valence-corrected chi connectivity index (χ0v) is 20.1. The number of carbonyl (C=O) groups is 2. The number of amides is 2. The second-order valence-corrected chi connectivity index (χ2v) is 8.93. The summed E-state index contributed by atoms with van der Waals surface area (Å²) < 4.78 is 5.81. The molecule has 1 heterocycles. The molecular formula is C25H20Cl3N3O3. The van der Waals surface area contributed by atoms with E-state index in [4.69, 9.17) is 39.5 Å². The third kappa shape index (κ3) is 5.89. The van der Waals surface area contributed by atoms with Gasteiger partial charge in [-0.3, -0.25) is 9.59 Å². The van der Waals surface area contributed by atoms with Crippen molar-refractivity contribution in [2.45, 2.75) is 13.0 Å². The van der Waals surface area contributed by atoms with Crippen molar-refractivity contribution in [3.05, 3.63) is 92.9 Å². The van der Waals surface area contributed by atoms with Gasteiger partial charge >= 0.3 is 0 Å². The highest BCUT2D eigenvalue weighted by atomic mass is 35.5. The van der Waals surface area contributed by atoms with Crippen molar-refractivity contribution in [3.8, 4) is 5.75 Å². The van der Waals surface area contributed by atoms with Gasteiger partial charge in [-0.1, -0.05) is 53.0 Å². The summed E-state index contributed by atoms with van der Waals surface area (Å²) in [4.78, 5) is 26.5. The Morgan fingerprint density at radius 1 is 1.06 bits per heavy atom. The van der Waals surface area contributed by atoms with Crippen molar-refractivity contribution in [1.29, 1.82) is 0 Å². The standard InChI is InChI=1S/C25H20Cl3N3O3/c26-18-7-9-19(10-8-18)31-14-17(12-24(31)32)25(33)30-29-13-16-3-1-4-20(11-16)34-15-21-22(27)5-2-6-23(21)28/h1-11,13,17H,12,14-15H2,(H,30,33)/b29-13-/t17-/m1/s1. The van der Waals surface area contributed by atoms with Gasteiger partial charge in [-0.05, 0) is 54.1 Å². The number of ether oxygens (including phenoxy) is 1. The molecule has 0 aliphatic carbocycles. The highest BCUT2D eigenvalue weighted by molar-refractivity contribution is 6.36. The van der Waals surface area contributed by atoms with Gasteiger partial charge in [0, 0.05) is 39.3 Å². The quantitative estimate of drug-likeness (QED) is 0.322. The molecule has 0 aromatic heterocycles. The number of hydrogen-bond donors (Lipinski definition) is 1. The van der Waals surface area contributed by atoms with Crippen LogP contribution >= 0.6 is 34.8 Å². The molecule has 4 rings (SSSR count). The van der Waals surface area contributed by atoms with Crippen molar-refractivity contribution in [3.63, 3.8) is 0 Å². The van der Waals surface area contributed by atoms with E-state index in [1.165, 1.54) is 6.21 Å².